The van der Waals surface area contributed by atoms with Gasteiger partial charge in [0, 0.05) is 24.8 Å². The number of sulfonamides is 1. The van der Waals surface area contributed by atoms with E-state index in [2.05, 4.69) is 0 Å². The van der Waals surface area contributed by atoms with Gasteiger partial charge in [-0.15, -0.1) is 0 Å². The molecule has 0 saturated carbocycles. The van der Waals surface area contributed by atoms with Gasteiger partial charge in [0.2, 0.25) is 10.0 Å². The normalized spacial score (nSPS) is 12.1. The molecule has 0 heterocycles. The Morgan fingerprint density at radius 2 is 2.06 bits per heavy atom. The van der Waals surface area contributed by atoms with E-state index in [1.165, 1.54) is 20.0 Å². The van der Waals surface area contributed by atoms with Crippen molar-refractivity contribution in [1.29, 1.82) is 0 Å². The molecule has 0 aliphatic heterocycles. The first-order valence-electron chi connectivity index (χ1n) is 4.93. The summed E-state index contributed by atoms with van der Waals surface area (Å²) in [6, 6.07) is 2.14. The molecule has 0 aliphatic carbocycles. The van der Waals surface area contributed by atoms with E-state index in [1.54, 1.807) is 0 Å². The van der Waals surface area contributed by atoms with Gasteiger partial charge in [0.15, 0.2) is 0 Å². The second-order valence-electron chi connectivity index (χ2n) is 3.67. The summed E-state index contributed by atoms with van der Waals surface area (Å²) in [6.45, 7) is 1.11. The van der Waals surface area contributed by atoms with E-state index in [1.807, 2.05) is 0 Å². The highest BCUT2D eigenvalue weighted by atomic mass is 32.2. The van der Waals surface area contributed by atoms with Gasteiger partial charge in [0.1, 0.15) is 5.82 Å². The number of anilines is 1. The summed E-state index contributed by atoms with van der Waals surface area (Å²) in [5, 5.41) is 8.70. The molecule has 0 fully saturated rings. The molecule has 0 aliphatic rings. The predicted octanol–water partition coefficient (Wildman–Crippen LogP) is 0.329. The number of benzene rings is 1. The Hall–Kier alpha value is -1.18. The van der Waals surface area contributed by atoms with Gasteiger partial charge in [0.05, 0.1) is 11.5 Å². The van der Waals surface area contributed by atoms with Gasteiger partial charge >= 0.3 is 0 Å². The van der Waals surface area contributed by atoms with Crippen molar-refractivity contribution >= 4 is 15.7 Å². The molecule has 1 aromatic rings. The number of halogens is 1. The van der Waals surface area contributed by atoms with Crippen molar-refractivity contribution in [2.75, 3.05) is 25.9 Å². The monoisotopic (exact) mass is 262 g/mol. The first kappa shape index (κ1) is 13.9. The quantitative estimate of drug-likeness (QED) is 0.766. The molecule has 0 radical (unpaired) electrons. The highest BCUT2D eigenvalue weighted by Gasteiger charge is 2.22. The zero-order chi connectivity index (χ0) is 13.2. The van der Waals surface area contributed by atoms with E-state index in [0.29, 0.717) is 0 Å². The molecule has 0 aromatic heterocycles. The number of nitrogen functional groups attached to an aromatic ring is 1. The van der Waals surface area contributed by atoms with E-state index in [-0.39, 0.29) is 29.3 Å². The second kappa shape index (κ2) is 4.99. The molecule has 96 valence electrons. The first-order valence-corrected chi connectivity index (χ1v) is 6.37. The van der Waals surface area contributed by atoms with E-state index < -0.39 is 15.8 Å². The summed E-state index contributed by atoms with van der Waals surface area (Å²) in [6.07, 6.45) is 0. The van der Waals surface area contributed by atoms with Gasteiger partial charge in [0.25, 0.3) is 0 Å². The Bertz CT molecular complexity index is 493. The molecular formula is C10H15FN2O3S. The van der Waals surface area contributed by atoms with Gasteiger partial charge in [-0.25, -0.2) is 12.8 Å². The molecular weight excluding hydrogens is 247 g/mol. The third-order valence-corrected chi connectivity index (χ3v) is 4.32. The fraction of sp³-hybridized carbons (Fsp3) is 0.400. The summed E-state index contributed by atoms with van der Waals surface area (Å²) in [5.74, 6) is -0.666. The van der Waals surface area contributed by atoms with Crippen molar-refractivity contribution in [2.24, 2.45) is 0 Å². The van der Waals surface area contributed by atoms with Gasteiger partial charge in [-0.05, 0) is 19.1 Å². The highest BCUT2D eigenvalue weighted by Crippen LogP contribution is 2.22. The van der Waals surface area contributed by atoms with Crippen LogP contribution in [0.4, 0.5) is 10.1 Å². The van der Waals surface area contributed by atoms with Crippen molar-refractivity contribution < 1.29 is 17.9 Å². The minimum atomic E-state index is -3.81. The predicted molar refractivity (Wildman–Crippen MR) is 62.5 cm³/mol. The number of nitrogens with two attached hydrogens (primary N) is 1. The van der Waals surface area contributed by atoms with Crippen LogP contribution in [0, 0.1) is 12.7 Å². The Kier molecular flexibility index (Phi) is 4.07. The molecule has 0 saturated heterocycles. The highest BCUT2D eigenvalue weighted by molar-refractivity contribution is 7.89. The number of aliphatic hydroxyl groups is 1. The number of aliphatic hydroxyl groups excluding tert-OH is 1. The van der Waals surface area contributed by atoms with Crippen molar-refractivity contribution in [3.63, 3.8) is 0 Å². The first-order chi connectivity index (χ1) is 7.80. The van der Waals surface area contributed by atoms with Crippen molar-refractivity contribution in [3.05, 3.63) is 23.5 Å². The van der Waals surface area contributed by atoms with Crippen LogP contribution in [0.3, 0.4) is 0 Å². The second-order valence-corrected chi connectivity index (χ2v) is 5.71. The van der Waals surface area contributed by atoms with Gasteiger partial charge in [-0.1, -0.05) is 0 Å². The van der Waals surface area contributed by atoms with Gasteiger partial charge < -0.3 is 10.8 Å². The summed E-state index contributed by atoms with van der Waals surface area (Å²) < 4.78 is 38.2. The van der Waals surface area contributed by atoms with Crippen LogP contribution < -0.4 is 5.73 Å². The van der Waals surface area contributed by atoms with Crippen LogP contribution in [-0.2, 0) is 10.0 Å². The lowest BCUT2D eigenvalue weighted by Crippen LogP contribution is -2.29. The SMILES string of the molecule is Cc1c(N)cc(S(=O)(=O)N(C)CCO)cc1F. The molecule has 0 spiro atoms. The maximum absolute atomic E-state index is 13.4. The van der Waals surface area contributed by atoms with Crippen LogP contribution >= 0.6 is 0 Å². The Balaban J connectivity index is 3.25. The van der Waals surface area contributed by atoms with Crippen LogP contribution in [-0.4, -0.2) is 38.0 Å². The summed E-state index contributed by atoms with van der Waals surface area (Å²) in [7, 11) is -2.50. The van der Waals surface area contributed by atoms with E-state index in [4.69, 9.17) is 10.8 Å². The van der Waals surface area contributed by atoms with Crippen LogP contribution in [0.5, 0.6) is 0 Å². The maximum atomic E-state index is 13.4. The summed E-state index contributed by atoms with van der Waals surface area (Å²) in [4.78, 5) is -0.214. The van der Waals surface area contributed by atoms with Crippen LogP contribution in [0.1, 0.15) is 5.56 Å². The largest absolute Gasteiger partial charge is 0.398 e. The smallest absolute Gasteiger partial charge is 0.243 e. The minimum absolute atomic E-state index is 0.0578. The van der Waals surface area contributed by atoms with E-state index in [0.717, 1.165) is 10.4 Å². The average Bonchev–Trinajstić information content (AvgIpc) is 2.25. The Morgan fingerprint density at radius 1 is 1.47 bits per heavy atom. The molecule has 0 atom stereocenters. The van der Waals surface area contributed by atoms with Gasteiger partial charge in [-0.3, -0.25) is 0 Å². The maximum Gasteiger partial charge on any atom is 0.243 e. The van der Waals surface area contributed by atoms with Crippen molar-refractivity contribution in [1.82, 2.24) is 4.31 Å². The van der Waals surface area contributed by atoms with E-state index in [9.17, 15) is 12.8 Å². The summed E-state index contributed by atoms with van der Waals surface area (Å²) in [5.41, 5.74) is 5.82. The number of likely N-dealkylation sites (N-methyl/N-ethyl adjacent to an activating group) is 1. The molecule has 3 N–H and O–H groups in total. The topological polar surface area (TPSA) is 83.6 Å². The third kappa shape index (κ3) is 2.74. The summed E-state index contributed by atoms with van der Waals surface area (Å²) >= 11 is 0. The number of hydrogen-bond acceptors (Lipinski definition) is 4. The third-order valence-electron chi connectivity index (χ3n) is 2.48. The molecule has 5 nitrogen and oxygen atoms in total. The van der Waals surface area contributed by atoms with Crippen LogP contribution in [0.25, 0.3) is 0 Å². The standard InChI is InChI=1S/C10H15FN2O3S/c1-7-9(11)5-8(6-10(7)12)17(15,16)13(2)3-4-14/h5-6,14H,3-4,12H2,1-2H3. The fourth-order valence-electron chi connectivity index (χ4n) is 1.26. The van der Waals surface area contributed by atoms with Crippen molar-refractivity contribution in [2.45, 2.75) is 11.8 Å². The molecule has 7 heteroatoms. The molecule has 0 unspecified atom stereocenters. The molecule has 1 aromatic carbocycles. The Morgan fingerprint density at radius 3 is 2.53 bits per heavy atom. The lowest BCUT2D eigenvalue weighted by molar-refractivity contribution is 0.266. The van der Waals surface area contributed by atoms with Gasteiger partial charge in [-0.2, -0.15) is 4.31 Å². The number of rotatable bonds is 4. The minimum Gasteiger partial charge on any atom is -0.398 e. The number of hydrogen-bond donors (Lipinski definition) is 2. The zero-order valence-electron chi connectivity index (χ0n) is 9.64. The average molecular weight is 262 g/mol. The Labute approximate surface area is 99.7 Å². The zero-order valence-corrected chi connectivity index (χ0v) is 10.5. The molecule has 0 amide bonds. The molecule has 0 bridgehead atoms. The lowest BCUT2D eigenvalue weighted by Gasteiger charge is -2.16. The fourth-order valence-corrected chi connectivity index (χ4v) is 2.47. The van der Waals surface area contributed by atoms with Crippen molar-refractivity contribution in [3.8, 4) is 0 Å². The van der Waals surface area contributed by atoms with Crippen LogP contribution in [0.2, 0.25) is 0 Å². The van der Waals surface area contributed by atoms with Crippen LogP contribution in [0.15, 0.2) is 17.0 Å². The lowest BCUT2D eigenvalue weighted by atomic mass is 10.2. The molecule has 1 rings (SSSR count). The van der Waals surface area contributed by atoms with E-state index >= 15 is 0 Å². The number of nitrogens with zero attached hydrogens (tertiary/aromatic N) is 1. The molecule has 17 heavy (non-hydrogen) atoms.